The number of amides is 1. The molecule has 4 rings (SSSR count). The minimum atomic E-state index is -0.554. The fourth-order valence-electron chi connectivity index (χ4n) is 2.65. The van der Waals surface area contributed by atoms with E-state index in [1.807, 2.05) is 30.3 Å². The molecule has 1 N–H and O–H groups in total. The van der Waals surface area contributed by atoms with E-state index in [9.17, 15) is 9.18 Å². The zero-order valence-corrected chi connectivity index (χ0v) is 17.8. The molecule has 0 saturated carbocycles. The first-order valence-corrected chi connectivity index (χ1v) is 10.6. The number of rotatable bonds is 6. The van der Waals surface area contributed by atoms with E-state index >= 15 is 0 Å². The Bertz CT molecular complexity index is 1170. The number of anilines is 1. The van der Waals surface area contributed by atoms with Crippen molar-refractivity contribution in [2.45, 2.75) is 10.9 Å². The smallest absolute Gasteiger partial charge is 0.278 e. The lowest BCUT2D eigenvalue weighted by atomic mass is 10.2. The predicted octanol–water partition coefficient (Wildman–Crippen LogP) is 4.50. The number of carbonyl (C=O) groups is 1. The third-order valence-corrected chi connectivity index (χ3v) is 5.42. The number of hydrogen-bond acceptors (Lipinski definition) is 6. The molecular formula is C20H14BrFN6OS. The van der Waals surface area contributed by atoms with Crippen molar-refractivity contribution < 1.29 is 9.18 Å². The highest BCUT2D eigenvalue weighted by molar-refractivity contribution is 9.10. The molecule has 0 radical (unpaired) electrons. The molecule has 0 aliphatic carbocycles. The molecule has 150 valence electrons. The molecule has 7 nitrogen and oxygen atoms in total. The van der Waals surface area contributed by atoms with Crippen molar-refractivity contribution in [3.05, 3.63) is 88.7 Å². The average Bonchev–Trinajstić information content (AvgIpc) is 3.19. The maximum absolute atomic E-state index is 14.2. The summed E-state index contributed by atoms with van der Waals surface area (Å²) in [5.74, 6) is -0.762. The summed E-state index contributed by atoms with van der Waals surface area (Å²) < 4.78 is 16.3. The van der Waals surface area contributed by atoms with Gasteiger partial charge in [0.15, 0.2) is 10.9 Å². The summed E-state index contributed by atoms with van der Waals surface area (Å²) in [5.41, 5.74) is 1.46. The predicted molar refractivity (Wildman–Crippen MR) is 115 cm³/mol. The average molecular weight is 485 g/mol. The molecule has 10 heteroatoms. The number of nitrogens with zero attached hydrogens (tertiary/aromatic N) is 5. The lowest BCUT2D eigenvalue weighted by Gasteiger charge is -2.09. The largest absolute Gasteiger partial charge is 0.318 e. The molecule has 0 bridgehead atoms. The summed E-state index contributed by atoms with van der Waals surface area (Å²) in [7, 11) is 0. The highest BCUT2D eigenvalue weighted by Crippen LogP contribution is 2.24. The first kappa shape index (κ1) is 20.2. The van der Waals surface area contributed by atoms with E-state index in [4.69, 9.17) is 0 Å². The van der Waals surface area contributed by atoms with E-state index < -0.39 is 11.7 Å². The van der Waals surface area contributed by atoms with E-state index in [1.165, 1.54) is 23.9 Å². The SMILES string of the molecule is O=C(Nc1ccc(Br)cc1F)c1nnn(-c2ccccc2)c1CSc1ncccn1. The molecule has 0 saturated heterocycles. The zero-order chi connectivity index (χ0) is 20.9. The summed E-state index contributed by atoms with van der Waals surface area (Å²) in [5, 5.41) is 11.3. The van der Waals surface area contributed by atoms with Gasteiger partial charge in [-0.25, -0.2) is 19.0 Å². The number of aromatic nitrogens is 5. The Morgan fingerprint density at radius 2 is 1.87 bits per heavy atom. The Kier molecular flexibility index (Phi) is 6.15. The summed E-state index contributed by atoms with van der Waals surface area (Å²) in [6, 6.07) is 15.5. The van der Waals surface area contributed by atoms with Crippen LogP contribution < -0.4 is 5.32 Å². The Morgan fingerprint density at radius 1 is 1.10 bits per heavy atom. The molecule has 30 heavy (non-hydrogen) atoms. The van der Waals surface area contributed by atoms with Gasteiger partial charge in [-0.1, -0.05) is 51.1 Å². The second kappa shape index (κ2) is 9.14. The van der Waals surface area contributed by atoms with Crippen LogP contribution >= 0.6 is 27.7 Å². The van der Waals surface area contributed by atoms with Crippen molar-refractivity contribution in [2.75, 3.05) is 5.32 Å². The minimum absolute atomic E-state index is 0.0578. The van der Waals surface area contributed by atoms with Crippen molar-refractivity contribution in [2.24, 2.45) is 0 Å². The standard InChI is InChI=1S/C20H14BrFN6OS/c21-13-7-8-16(15(22)11-13)25-19(29)18-17(12-30-20-23-9-4-10-24-20)28(27-26-18)14-5-2-1-3-6-14/h1-11H,12H2,(H,25,29). The summed E-state index contributed by atoms with van der Waals surface area (Å²) in [4.78, 5) is 21.3. The molecule has 0 aliphatic heterocycles. The van der Waals surface area contributed by atoms with Crippen LogP contribution in [-0.4, -0.2) is 30.9 Å². The van der Waals surface area contributed by atoms with Crippen LogP contribution in [0.15, 0.2) is 76.6 Å². The van der Waals surface area contributed by atoms with Gasteiger partial charge in [-0.3, -0.25) is 4.79 Å². The zero-order valence-electron chi connectivity index (χ0n) is 15.4. The van der Waals surface area contributed by atoms with Crippen LogP contribution in [0, 0.1) is 5.82 Å². The first-order valence-electron chi connectivity index (χ1n) is 8.78. The number of halogens is 2. The number of para-hydroxylation sites is 1. The number of thioether (sulfide) groups is 1. The second-order valence-electron chi connectivity index (χ2n) is 6.03. The van der Waals surface area contributed by atoms with Gasteiger partial charge in [-0.15, -0.1) is 5.10 Å². The monoisotopic (exact) mass is 484 g/mol. The normalized spacial score (nSPS) is 10.7. The Balaban J connectivity index is 1.66. The van der Waals surface area contributed by atoms with Crippen LogP contribution in [0.25, 0.3) is 5.69 Å². The van der Waals surface area contributed by atoms with Crippen LogP contribution in [0.5, 0.6) is 0 Å². The van der Waals surface area contributed by atoms with Crippen molar-refractivity contribution in [1.29, 1.82) is 0 Å². The Hall–Kier alpha value is -3.11. The maximum Gasteiger partial charge on any atom is 0.278 e. The Morgan fingerprint density at radius 3 is 2.60 bits per heavy atom. The van der Waals surface area contributed by atoms with Gasteiger partial charge in [-0.2, -0.15) is 0 Å². The van der Waals surface area contributed by atoms with Gasteiger partial charge in [0.1, 0.15) is 5.82 Å². The van der Waals surface area contributed by atoms with Crippen molar-refractivity contribution in [1.82, 2.24) is 25.0 Å². The lowest BCUT2D eigenvalue weighted by Crippen LogP contribution is -2.16. The maximum atomic E-state index is 14.2. The molecule has 0 atom stereocenters. The fourth-order valence-corrected chi connectivity index (χ4v) is 3.78. The molecule has 2 aromatic carbocycles. The molecule has 1 amide bonds. The van der Waals surface area contributed by atoms with E-state index in [-0.39, 0.29) is 11.4 Å². The Labute approximate surface area is 183 Å². The highest BCUT2D eigenvalue weighted by Gasteiger charge is 2.22. The number of nitrogens with one attached hydrogen (secondary N) is 1. The fraction of sp³-hybridized carbons (Fsp3) is 0.0500. The van der Waals surface area contributed by atoms with Gasteiger partial charge >= 0.3 is 0 Å². The summed E-state index contributed by atoms with van der Waals surface area (Å²) in [6.45, 7) is 0. The molecule has 0 fully saturated rings. The van der Waals surface area contributed by atoms with Crippen molar-refractivity contribution in [3.63, 3.8) is 0 Å². The van der Waals surface area contributed by atoms with Crippen LogP contribution in [0.1, 0.15) is 16.2 Å². The third kappa shape index (κ3) is 4.55. The highest BCUT2D eigenvalue weighted by atomic mass is 79.9. The van der Waals surface area contributed by atoms with Crippen molar-refractivity contribution in [3.8, 4) is 5.69 Å². The first-order chi connectivity index (χ1) is 14.6. The third-order valence-electron chi connectivity index (χ3n) is 4.04. The number of carbonyl (C=O) groups excluding carboxylic acids is 1. The number of hydrogen-bond donors (Lipinski definition) is 1. The molecule has 0 aliphatic rings. The van der Waals surface area contributed by atoms with Gasteiger partial charge in [0, 0.05) is 22.6 Å². The summed E-state index contributed by atoms with van der Waals surface area (Å²) in [6.07, 6.45) is 3.29. The minimum Gasteiger partial charge on any atom is -0.318 e. The quantitative estimate of drug-likeness (QED) is 0.320. The molecule has 0 unspecified atom stereocenters. The molecule has 2 heterocycles. The van der Waals surface area contributed by atoms with E-state index in [0.717, 1.165) is 5.69 Å². The molecule has 2 aromatic heterocycles. The van der Waals surface area contributed by atoms with E-state index in [2.05, 4.69) is 41.5 Å². The van der Waals surface area contributed by atoms with E-state index in [0.29, 0.717) is 21.1 Å². The summed E-state index contributed by atoms with van der Waals surface area (Å²) >= 11 is 4.54. The van der Waals surface area contributed by atoms with Crippen LogP contribution in [0.2, 0.25) is 0 Å². The lowest BCUT2D eigenvalue weighted by molar-refractivity contribution is 0.102. The van der Waals surface area contributed by atoms with Gasteiger partial charge in [-0.05, 0) is 36.4 Å². The van der Waals surface area contributed by atoms with Gasteiger partial charge in [0.2, 0.25) is 0 Å². The molecule has 4 aromatic rings. The molecular weight excluding hydrogens is 471 g/mol. The van der Waals surface area contributed by atoms with Crippen LogP contribution in [-0.2, 0) is 5.75 Å². The van der Waals surface area contributed by atoms with E-state index in [1.54, 1.807) is 29.2 Å². The van der Waals surface area contributed by atoms with Gasteiger partial charge in [0.25, 0.3) is 5.91 Å². The second-order valence-corrected chi connectivity index (χ2v) is 7.89. The number of benzene rings is 2. The van der Waals surface area contributed by atoms with Crippen LogP contribution in [0.3, 0.4) is 0 Å². The van der Waals surface area contributed by atoms with Gasteiger partial charge in [0.05, 0.1) is 17.1 Å². The van der Waals surface area contributed by atoms with Gasteiger partial charge < -0.3 is 5.32 Å². The molecule has 0 spiro atoms. The van der Waals surface area contributed by atoms with Crippen LogP contribution in [0.4, 0.5) is 10.1 Å². The topological polar surface area (TPSA) is 85.6 Å². The van der Waals surface area contributed by atoms with Crippen molar-refractivity contribution >= 4 is 39.3 Å².